The molecule has 1 amide bonds. The summed E-state index contributed by atoms with van der Waals surface area (Å²) in [6.45, 7) is 0.382. The van der Waals surface area contributed by atoms with E-state index in [0.29, 0.717) is 12.2 Å². The second kappa shape index (κ2) is 5.72. The largest absolute Gasteiger partial charge is 0.467 e. The first-order valence-electron chi connectivity index (χ1n) is 5.58. The van der Waals surface area contributed by atoms with Crippen LogP contribution in [0.4, 0.5) is 5.69 Å². The van der Waals surface area contributed by atoms with Crippen molar-refractivity contribution < 1.29 is 9.21 Å². The van der Waals surface area contributed by atoms with Crippen molar-refractivity contribution in [2.75, 3.05) is 5.73 Å². The molecule has 0 unspecified atom stereocenters. The maximum absolute atomic E-state index is 11.5. The fourth-order valence-corrected chi connectivity index (χ4v) is 1.48. The van der Waals surface area contributed by atoms with Crippen LogP contribution in [-0.2, 0) is 11.3 Å². The Morgan fingerprint density at radius 2 is 2.22 bits per heavy atom. The molecule has 0 aliphatic rings. The first kappa shape index (κ1) is 12.0. The number of hydrogen-bond acceptors (Lipinski definition) is 3. The third-order valence-electron chi connectivity index (χ3n) is 2.35. The number of furan rings is 1. The second-order valence-corrected chi connectivity index (χ2v) is 3.80. The number of carbonyl (C=O) groups excluding carboxylic acids is 1. The van der Waals surface area contributed by atoms with Gasteiger partial charge in [0.2, 0.25) is 5.91 Å². The Bertz CT molecular complexity index is 545. The summed E-state index contributed by atoms with van der Waals surface area (Å²) in [5.41, 5.74) is 7.21. The van der Waals surface area contributed by atoms with E-state index in [2.05, 4.69) is 5.32 Å². The monoisotopic (exact) mass is 242 g/mol. The van der Waals surface area contributed by atoms with Gasteiger partial charge < -0.3 is 15.5 Å². The molecule has 0 aliphatic heterocycles. The predicted octanol–water partition coefficient (Wildman–Crippen LogP) is 2.19. The maximum atomic E-state index is 11.5. The van der Waals surface area contributed by atoms with Crippen molar-refractivity contribution in [3.05, 3.63) is 60.1 Å². The van der Waals surface area contributed by atoms with Gasteiger partial charge in [-0.2, -0.15) is 0 Å². The van der Waals surface area contributed by atoms with Crippen LogP contribution in [0, 0.1) is 0 Å². The number of rotatable bonds is 4. The van der Waals surface area contributed by atoms with Crippen LogP contribution in [0.2, 0.25) is 0 Å². The van der Waals surface area contributed by atoms with Gasteiger partial charge in [-0.3, -0.25) is 4.79 Å². The number of amides is 1. The zero-order chi connectivity index (χ0) is 12.8. The number of nitrogens with two attached hydrogens (primary N) is 1. The molecule has 1 aromatic heterocycles. The number of carbonyl (C=O) groups is 1. The van der Waals surface area contributed by atoms with Crippen LogP contribution in [0.1, 0.15) is 11.3 Å². The summed E-state index contributed by atoms with van der Waals surface area (Å²) in [5, 5.41) is 2.72. The molecule has 92 valence electrons. The summed E-state index contributed by atoms with van der Waals surface area (Å²) in [7, 11) is 0. The van der Waals surface area contributed by atoms with E-state index >= 15 is 0 Å². The predicted molar refractivity (Wildman–Crippen MR) is 70.4 cm³/mol. The van der Waals surface area contributed by atoms with Crippen LogP contribution in [-0.4, -0.2) is 5.91 Å². The highest BCUT2D eigenvalue weighted by molar-refractivity contribution is 5.91. The minimum atomic E-state index is -0.172. The molecular weight excluding hydrogens is 228 g/mol. The second-order valence-electron chi connectivity index (χ2n) is 3.80. The topological polar surface area (TPSA) is 68.3 Å². The van der Waals surface area contributed by atoms with Crippen LogP contribution in [0.15, 0.2) is 53.2 Å². The lowest BCUT2D eigenvalue weighted by molar-refractivity contribution is -0.116. The van der Waals surface area contributed by atoms with Gasteiger partial charge in [0, 0.05) is 11.8 Å². The molecular formula is C14H14N2O2. The van der Waals surface area contributed by atoms with Gasteiger partial charge in [-0.15, -0.1) is 0 Å². The maximum Gasteiger partial charge on any atom is 0.244 e. The highest BCUT2D eigenvalue weighted by Gasteiger charge is 1.98. The molecule has 0 saturated carbocycles. The molecule has 0 bridgehead atoms. The summed E-state index contributed by atoms with van der Waals surface area (Å²) in [6, 6.07) is 10.9. The lowest BCUT2D eigenvalue weighted by Gasteiger charge is -1.99. The fraction of sp³-hybridized carbons (Fsp3) is 0.0714. The number of hydrogen-bond donors (Lipinski definition) is 2. The third-order valence-corrected chi connectivity index (χ3v) is 2.35. The van der Waals surface area contributed by atoms with E-state index in [9.17, 15) is 4.79 Å². The van der Waals surface area contributed by atoms with Gasteiger partial charge in [-0.05, 0) is 35.9 Å². The minimum absolute atomic E-state index is 0.172. The average Bonchev–Trinajstić information content (AvgIpc) is 2.87. The van der Waals surface area contributed by atoms with E-state index in [4.69, 9.17) is 10.2 Å². The van der Waals surface area contributed by atoms with Gasteiger partial charge in [-0.25, -0.2) is 0 Å². The van der Waals surface area contributed by atoms with Gasteiger partial charge in [0.1, 0.15) is 5.76 Å². The van der Waals surface area contributed by atoms with Crippen LogP contribution >= 0.6 is 0 Å². The molecule has 0 aliphatic carbocycles. The van der Waals surface area contributed by atoms with Gasteiger partial charge in [0.05, 0.1) is 12.8 Å². The van der Waals surface area contributed by atoms with Crippen LogP contribution in [0.25, 0.3) is 6.08 Å². The zero-order valence-electron chi connectivity index (χ0n) is 9.80. The van der Waals surface area contributed by atoms with E-state index in [1.807, 2.05) is 18.2 Å². The quantitative estimate of drug-likeness (QED) is 0.638. The van der Waals surface area contributed by atoms with E-state index in [1.54, 1.807) is 30.5 Å². The van der Waals surface area contributed by atoms with E-state index in [-0.39, 0.29) is 5.91 Å². The molecule has 2 aromatic rings. The number of benzene rings is 1. The minimum Gasteiger partial charge on any atom is -0.467 e. The van der Waals surface area contributed by atoms with Gasteiger partial charge >= 0.3 is 0 Å². The SMILES string of the molecule is Nc1cccc(/C=C/C(=O)NCc2ccco2)c1. The molecule has 1 aromatic carbocycles. The highest BCUT2D eigenvalue weighted by atomic mass is 16.3. The average molecular weight is 242 g/mol. The van der Waals surface area contributed by atoms with Crippen molar-refractivity contribution in [1.29, 1.82) is 0 Å². The smallest absolute Gasteiger partial charge is 0.244 e. The molecule has 0 saturated heterocycles. The Morgan fingerprint density at radius 1 is 1.33 bits per heavy atom. The molecule has 2 rings (SSSR count). The molecule has 3 N–H and O–H groups in total. The Balaban J connectivity index is 1.87. The molecule has 0 fully saturated rings. The van der Waals surface area contributed by atoms with Crippen molar-refractivity contribution in [2.45, 2.75) is 6.54 Å². The highest BCUT2D eigenvalue weighted by Crippen LogP contribution is 2.07. The lowest BCUT2D eigenvalue weighted by Crippen LogP contribution is -2.19. The third kappa shape index (κ3) is 3.52. The Morgan fingerprint density at radius 3 is 2.94 bits per heavy atom. The Kier molecular flexibility index (Phi) is 3.81. The number of nitrogen functional groups attached to an aromatic ring is 1. The van der Waals surface area contributed by atoms with Crippen LogP contribution in [0.3, 0.4) is 0 Å². The number of nitrogens with one attached hydrogen (secondary N) is 1. The van der Waals surface area contributed by atoms with Crippen molar-refractivity contribution in [3.8, 4) is 0 Å². The summed E-state index contributed by atoms with van der Waals surface area (Å²) in [6.07, 6.45) is 4.76. The lowest BCUT2D eigenvalue weighted by atomic mass is 10.2. The first-order chi connectivity index (χ1) is 8.74. The van der Waals surface area contributed by atoms with Crippen LogP contribution in [0.5, 0.6) is 0 Å². The molecule has 0 radical (unpaired) electrons. The summed E-state index contributed by atoms with van der Waals surface area (Å²) >= 11 is 0. The van der Waals surface area contributed by atoms with E-state index in [1.165, 1.54) is 6.08 Å². The fourth-order valence-electron chi connectivity index (χ4n) is 1.48. The van der Waals surface area contributed by atoms with Crippen molar-refractivity contribution in [2.24, 2.45) is 0 Å². The van der Waals surface area contributed by atoms with Gasteiger partial charge in [0.15, 0.2) is 0 Å². The standard InChI is InChI=1S/C14H14N2O2/c15-12-4-1-3-11(9-12)6-7-14(17)16-10-13-5-2-8-18-13/h1-9H,10,15H2,(H,16,17)/b7-6+. The van der Waals surface area contributed by atoms with Gasteiger partial charge in [-0.1, -0.05) is 12.1 Å². The molecule has 4 heteroatoms. The molecule has 1 heterocycles. The van der Waals surface area contributed by atoms with Crippen LogP contribution < -0.4 is 11.1 Å². The first-order valence-corrected chi connectivity index (χ1v) is 5.58. The van der Waals surface area contributed by atoms with Crippen molar-refractivity contribution in [1.82, 2.24) is 5.32 Å². The molecule has 0 spiro atoms. The normalized spacial score (nSPS) is 10.7. The van der Waals surface area contributed by atoms with E-state index in [0.717, 1.165) is 11.3 Å². The van der Waals surface area contributed by atoms with Gasteiger partial charge in [0.25, 0.3) is 0 Å². The van der Waals surface area contributed by atoms with E-state index < -0.39 is 0 Å². The Hall–Kier alpha value is -2.49. The molecule has 0 atom stereocenters. The summed E-state index contributed by atoms with van der Waals surface area (Å²) < 4.78 is 5.11. The molecule has 4 nitrogen and oxygen atoms in total. The number of anilines is 1. The molecule has 18 heavy (non-hydrogen) atoms. The van der Waals surface area contributed by atoms with Crippen molar-refractivity contribution >= 4 is 17.7 Å². The zero-order valence-corrected chi connectivity index (χ0v) is 9.80. The summed E-state index contributed by atoms with van der Waals surface area (Å²) in [4.78, 5) is 11.5. The Labute approximate surface area is 105 Å². The van der Waals surface area contributed by atoms with Crippen molar-refractivity contribution in [3.63, 3.8) is 0 Å². The summed E-state index contributed by atoms with van der Waals surface area (Å²) in [5.74, 6) is 0.550.